The van der Waals surface area contributed by atoms with E-state index in [0.717, 1.165) is 22.4 Å². The topological polar surface area (TPSA) is 146 Å². The summed E-state index contributed by atoms with van der Waals surface area (Å²) in [6.07, 6.45) is 3.61. The average Bonchev–Trinajstić information content (AvgIpc) is 3.65. The van der Waals surface area contributed by atoms with Gasteiger partial charge in [0.2, 0.25) is 23.7 Å². The normalized spacial score (nSPS) is 11.5. The third kappa shape index (κ3) is 5.35. The molecule has 6 aromatic rings. The molecule has 0 aliphatic carbocycles. The number of ether oxygens (including phenoxy) is 2. The third-order valence-electron chi connectivity index (χ3n) is 7.46. The molecule has 2 N–H and O–H groups in total. The van der Waals surface area contributed by atoms with Gasteiger partial charge in [-0.3, -0.25) is 18.7 Å². The van der Waals surface area contributed by atoms with Crippen LogP contribution >= 0.6 is 21.6 Å². The fraction of sp³-hybridized carbons (Fsp3) is 0.267. The maximum Gasteiger partial charge on any atom is 0.215 e. The minimum Gasteiger partial charge on any atom is -0.481 e. The lowest BCUT2D eigenvalue weighted by Crippen LogP contribution is -2.19. The number of aromatic nitrogens is 8. The van der Waals surface area contributed by atoms with Gasteiger partial charge in [-0.05, 0) is 39.8 Å². The fourth-order valence-corrected chi connectivity index (χ4v) is 7.26. The third-order valence-corrected chi connectivity index (χ3v) is 9.61. The lowest BCUT2D eigenvalue weighted by atomic mass is 10.1. The van der Waals surface area contributed by atoms with Crippen molar-refractivity contribution in [1.82, 2.24) is 39.0 Å². The van der Waals surface area contributed by atoms with Gasteiger partial charge in [0.25, 0.3) is 0 Å². The van der Waals surface area contributed by atoms with Crippen molar-refractivity contribution in [2.75, 3.05) is 14.2 Å². The second-order valence-corrected chi connectivity index (χ2v) is 12.7. The van der Waals surface area contributed by atoms with Crippen molar-refractivity contribution in [2.45, 2.75) is 39.2 Å². The number of H-pyrrole nitrogens is 2. The summed E-state index contributed by atoms with van der Waals surface area (Å²) in [5.74, 6) is 3.10. The van der Waals surface area contributed by atoms with Gasteiger partial charge < -0.3 is 19.4 Å². The van der Waals surface area contributed by atoms with E-state index in [1.807, 2.05) is 35.1 Å². The van der Waals surface area contributed by atoms with E-state index in [4.69, 9.17) is 9.47 Å². The molecule has 12 nitrogen and oxygen atoms in total. The van der Waals surface area contributed by atoms with Crippen molar-refractivity contribution in [3.05, 3.63) is 90.7 Å². The van der Waals surface area contributed by atoms with Gasteiger partial charge in [0.1, 0.15) is 0 Å². The maximum absolute atomic E-state index is 13.0. The molecule has 0 bridgehead atoms. The minimum absolute atomic E-state index is 0.00361. The van der Waals surface area contributed by atoms with E-state index < -0.39 is 0 Å². The number of hydrogen-bond donors (Lipinski definition) is 2. The summed E-state index contributed by atoms with van der Waals surface area (Å²) in [5, 5.41) is 0. The number of hydrogen-bond acceptors (Lipinski definition) is 10. The number of pyridine rings is 4. The zero-order chi connectivity index (χ0) is 31.1. The van der Waals surface area contributed by atoms with Crippen LogP contribution in [0.5, 0.6) is 11.8 Å². The molecule has 0 amide bonds. The van der Waals surface area contributed by atoms with Gasteiger partial charge in [0.05, 0.1) is 25.3 Å². The van der Waals surface area contributed by atoms with Crippen LogP contribution in [0.2, 0.25) is 0 Å². The summed E-state index contributed by atoms with van der Waals surface area (Å²) in [4.78, 5) is 50.8. The van der Waals surface area contributed by atoms with Crippen LogP contribution in [0.25, 0.3) is 34.2 Å². The standard InChI is InChI=1S/C30H30N8O4S2/c1-15-11-37(29-31-19-7-9-23(41-5)33-27(19)35-29)21(17(3)25(15)39)13-43-44-14-22-18(4)26(40)16(2)12-38(22)30-32-20-8-10-24(42-6)34-28(20)36-30/h7-12H,13-14H2,1-6H3,(H,31,33,35)(H,32,34,36). The van der Waals surface area contributed by atoms with Crippen LogP contribution in [0.15, 0.2) is 46.2 Å². The SMILES string of the molecule is COc1ccc2[nH]c(-n3cc(C)c(=O)c(C)c3CSSCc3c(C)c(=O)c(C)cn3-c3nc4nc(OC)ccc4[nH]3)nc2n1. The molecule has 0 aliphatic rings. The predicted molar refractivity (Wildman–Crippen MR) is 174 cm³/mol. The number of aromatic amines is 2. The van der Waals surface area contributed by atoms with Crippen molar-refractivity contribution >= 4 is 43.9 Å². The van der Waals surface area contributed by atoms with E-state index in [1.54, 1.807) is 74.2 Å². The number of nitrogens with one attached hydrogen (secondary N) is 2. The average molecular weight is 631 g/mol. The summed E-state index contributed by atoms with van der Waals surface area (Å²) >= 11 is 0. The molecular formula is C30H30N8O4S2. The van der Waals surface area contributed by atoms with E-state index in [2.05, 4.69) is 29.9 Å². The highest BCUT2D eigenvalue weighted by molar-refractivity contribution is 8.76. The Bertz CT molecular complexity index is 2010. The molecule has 0 fully saturated rings. The second kappa shape index (κ2) is 11.8. The van der Waals surface area contributed by atoms with Gasteiger partial charge in [-0.1, -0.05) is 21.6 Å². The molecular weight excluding hydrogens is 601 g/mol. The number of methoxy groups -OCH3 is 2. The van der Waals surface area contributed by atoms with Crippen LogP contribution in [0.1, 0.15) is 33.6 Å². The molecule has 6 aromatic heterocycles. The molecule has 226 valence electrons. The van der Waals surface area contributed by atoms with Crippen molar-refractivity contribution in [3.8, 4) is 23.7 Å². The van der Waals surface area contributed by atoms with Crippen LogP contribution in [0.3, 0.4) is 0 Å². The number of nitrogens with zero attached hydrogens (tertiary/aromatic N) is 6. The van der Waals surface area contributed by atoms with Gasteiger partial charge in [-0.15, -0.1) is 0 Å². The Morgan fingerprint density at radius 2 is 1.07 bits per heavy atom. The Morgan fingerprint density at radius 3 is 1.45 bits per heavy atom. The van der Waals surface area contributed by atoms with E-state index >= 15 is 0 Å². The van der Waals surface area contributed by atoms with Crippen LogP contribution in [-0.4, -0.2) is 53.3 Å². The fourth-order valence-electron chi connectivity index (χ4n) is 4.98. The molecule has 0 saturated heterocycles. The largest absolute Gasteiger partial charge is 0.481 e. The number of fused-ring (bicyclic) bond motifs is 2. The molecule has 0 aromatic carbocycles. The monoisotopic (exact) mass is 630 g/mol. The Balaban J connectivity index is 1.29. The molecule has 44 heavy (non-hydrogen) atoms. The zero-order valence-electron chi connectivity index (χ0n) is 25.0. The smallest absolute Gasteiger partial charge is 0.215 e. The second-order valence-electron chi connectivity index (χ2n) is 10.3. The van der Waals surface area contributed by atoms with Crippen molar-refractivity contribution in [3.63, 3.8) is 0 Å². The van der Waals surface area contributed by atoms with Crippen LogP contribution in [0, 0.1) is 27.7 Å². The molecule has 0 spiro atoms. The first-order chi connectivity index (χ1) is 21.2. The number of rotatable bonds is 9. The summed E-state index contributed by atoms with van der Waals surface area (Å²) < 4.78 is 14.3. The predicted octanol–water partition coefficient (Wildman–Crippen LogP) is 4.86. The molecule has 6 heterocycles. The van der Waals surface area contributed by atoms with E-state index in [0.29, 0.717) is 68.7 Å². The molecule has 0 radical (unpaired) electrons. The minimum atomic E-state index is -0.00361. The highest BCUT2D eigenvalue weighted by Gasteiger charge is 2.18. The van der Waals surface area contributed by atoms with Crippen LogP contribution in [0.4, 0.5) is 0 Å². The van der Waals surface area contributed by atoms with Crippen LogP contribution < -0.4 is 20.3 Å². The molecule has 0 aliphatic heterocycles. The van der Waals surface area contributed by atoms with E-state index in [9.17, 15) is 9.59 Å². The Labute approximate surface area is 259 Å². The van der Waals surface area contributed by atoms with Crippen LogP contribution in [-0.2, 0) is 11.5 Å². The van der Waals surface area contributed by atoms with Gasteiger partial charge >= 0.3 is 0 Å². The van der Waals surface area contributed by atoms with Crippen molar-refractivity contribution in [1.29, 1.82) is 0 Å². The summed E-state index contributed by atoms with van der Waals surface area (Å²) in [5.41, 5.74) is 6.73. The highest BCUT2D eigenvalue weighted by atomic mass is 33.1. The van der Waals surface area contributed by atoms with Gasteiger partial charge in [-0.2, -0.15) is 19.9 Å². The summed E-state index contributed by atoms with van der Waals surface area (Å²) in [6.45, 7) is 7.26. The van der Waals surface area contributed by atoms with E-state index in [1.165, 1.54) is 0 Å². The maximum atomic E-state index is 13.0. The Kier molecular flexibility index (Phi) is 7.95. The van der Waals surface area contributed by atoms with E-state index in [-0.39, 0.29) is 10.9 Å². The Morgan fingerprint density at radius 1 is 0.659 bits per heavy atom. The Hall–Kier alpha value is -4.56. The lowest BCUT2D eigenvalue weighted by molar-refractivity contribution is 0.399. The van der Waals surface area contributed by atoms with Gasteiger partial charge in [0.15, 0.2) is 22.2 Å². The first-order valence-corrected chi connectivity index (χ1v) is 16.2. The molecule has 0 saturated carbocycles. The first-order valence-electron chi connectivity index (χ1n) is 13.7. The van der Waals surface area contributed by atoms with Gasteiger partial charge in [-0.25, -0.2) is 0 Å². The first kappa shape index (κ1) is 29.5. The highest BCUT2D eigenvalue weighted by Crippen LogP contribution is 2.32. The lowest BCUT2D eigenvalue weighted by Gasteiger charge is -2.16. The summed E-state index contributed by atoms with van der Waals surface area (Å²) in [6, 6.07) is 7.26. The van der Waals surface area contributed by atoms with Crippen molar-refractivity contribution in [2.24, 2.45) is 0 Å². The van der Waals surface area contributed by atoms with Gasteiger partial charge in [0, 0.05) is 69.7 Å². The quantitative estimate of drug-likeness (QED) is 0.168. The summed E-state index contributed by atoms with van der Waals surface area (Å²) in [7, 11) is 6.30. The number of aryl methyl sites for hydroxylation is 2. The molecule has 0 atom stereocenters. The zero-order valence-corrected chi connectivity index (χ0v) is 26.6. The molecule has 14 heteroatoms. The molecule has 0 unspecified atom stereocenters. The van der Waals surface area contributed by atoms with Crippen molar-refractivity contribution < 1.29 is 9.47 Å². The molecule has 6 rings (SSSR count). The number of imidazole rings is 2.